The number of aromatic nitrogens is 1. The molecule has 1 aliphatic rings. The van der Waals surface area contributed by atoms with E-state index in [-0.39, 0.29) is 12.5 Å². The number of nitrogens with zero attached hydrogens (tertiary/aromatic N) is 2. The van der Waals surface area contributed by atoms with E-state index >= 15 is 0 Å². The number of rotatable bonds is 3. The summed E-state index contributed by atoms with van der Waals surface area (Å²) in [6.45, 7) is 4.97. The predicted molar refractivity (Wildman–Crippen MR) is 66.1 cm³/mol. The first-order chi connectivity index (χ1) is 8.06. The van der Waals surface area contributed by atoms with Gasteiger partial charge in [0.05, 0.1) is 11.6 Å². The summed E-state index contributed by atoms with van der Waals surface area (Å²) in [5, 5.41) is 2.77. The lowest BCUT2D eigenvalue weighted by Crippen LogP contribution is -2.29. The Morgan fingerprint density at radius 3 is 3.06 bits per heavy atom. The lowest BCUT2D eigenvalue weighted by Gasteiger charge is -2.12. The highest BCUT2D eigenvalue weighted by Crippen LogP contribution is 2.19. The number of hydrogen-bond donors (Lipinski definition) is 0. The summed E-state index contributed by atoms with van der Waals surface area (Å²) in [6.07, 6.45) is 0.478. The molecule has 3 nitrogen and oxygen atoms in total. The summed E-state index contributed by atoms with van der Waals surface area (Å²) < 4.78 is 13.0. The molecule has 1 saturated heterocycles. The Kier molecular flexibility index (Phi) is 3.76. The minimum Gasteiger partial charge on any atom is -0.334 e. The van der Waals surface area contributed by atoms with E-state index in [4.69, 9.17) is 0 Å². The summed E-state index contributed by atoms with van der Waals surface area (Å²) >= 11 is 1.51. The van der Waals surface area contributed by atoms with Crippen molar-refractivity contribution in [3.05, 3.63) is 16.1 Å². The number of halogens is 1. The molecule has 0 saturated carbocycles. The van der Waals surface area contributed by atoms with E-state index in [1.807, 2.05) is 0 Å². The average Bonchev–Trinajstić information content (AvgIpc) is 2.85. The fraction of sp³-hybridized carbons (Fsp3) is 0.667. The van der Waals surface area contributed by atoms with Gasteiger partial charge in [0.25, 0.3) is 5.91 Å². The molecule has 1 aromatic rings. The number of likely N-dealkylation sites (tertiary alicyclic amines) is 1. The van der Waals surface area contributed by atoms with Gasteiger partial charge in [-0.25, -0.2) is 9.37 Å². The van der Waals surface area contributed by atoms with Gasteiger partial charge in [0.15, 0.2) is 0 Å². The van der Waals surface area contributed by atoms with Crippen LogP contribution < -0.4 is 0 Å². The molecule has 0 N–H and O–H groups in total. The van der Waals surface area contributed by atoms with Crippen LogP contribution in [0, 0.1) is 5.92 Å². The van der Waals surface area contributed by atoms with Crippen molar-refractivity contribution in [2.24, 2.45) is 5.92 Å². The van der Waals surface area contributed by atoms with Crippen molar-refractivity contribution >= 4 is 17.2 Å². The molecule has 2 rings (SSSR count). The van der Waals surface area contributed by atoms with Crippen LogP contribution >= 0.6 is 11.3 Å². The van der Waals surface area contributed by atoms with E-state index in [2.05, 4.69) is 18.8 Å². The first kappa shape index (κ1) is 12.5. The molecule has 0 radical (unpaired) electrons. The van der Waals surface area contributed by atoms with Crippen LogP contribution in [-0.4, -0.2) is 35.1 Å². The minimum absolute atomic E-state index is 0.128. The van der Waals surface area contributed by atoms with E-state index < -0.39 is 6.17 Å². The van der Waals surface area contributed by atoms with Gasteiger partial charge < -0.3 is 4.90 Å². The Morgan fingerprint density at radius 2 is 2.47 bits per heavy atom. The Morgan fingerprint density at radius 1 is 1.71 bits per heavy atom. The quantitative estimate of drug-likeness (QED) is 0.832. The molecular formula is C12H17FN2OS. The third-order valence-electron chi connectivity index (χ3n) is 2.77. The zero-order valence-electron chi connectivity index (χ0n) is 10.1. The molecule has 2 heterocycles. The Hall–Kier alpha value is -0.970. The second-order valence-electron chi connectivity index (χ2n) is 4.86. The number of hydrogen-bond acceptors (Lipinski definition) is 3. The molecule has 1 amide bonds. The van der Waals surface area contributed by atoms with Gasteiger partial charge in [-0.2, -0.15) is 0 Å². The Balaban J connectivity index is 2.02. The smallest absolute Gasteiger partial charge is 0.273 e. The van der Waals surface area contributed by atoms with Gasteiger partial charge in [-0.05, 0) is 12.3 Å². The third-order valence-corrected chi connectivity index (χ3v) is 3.64. The highest BCUT2D eigenvalue weighted by molar-refractivity contribution is 7.09. The molecular weight excluding hydrogens is 239 g/mol. The van der Waals surface area contributed by atoms with E-state index in [0.717, 1.165) is 11.4 Å². The summed E-state index contributed by atoms with van der Waals surface area (Å²) in [5.74, 6) is 0.405. The SMILES string of the molecule is CC(C)Cc1nc(C(=O)N2CC[C@@H](F)C2)cs1. The fourth-order valence-corrected chi connectivity index (χ4v) is 2.90. The molecule has 1 fully saturated rings. The zero-order chi connectivity index (χ0) is 12.4. The topological polar surface area (TPSA) is 33.2 Å². The highest BCUT2D eigenvalue weighted by Gasteiger charge is 2.27. The lowest BCUT2D eigenvalue weighted by atomic mass is 10.1. The third kappa shape index (κ3) is 3.03. The molecule has 1 atom stereocenters. The number of amides is 1. The fourth-order valence-electron chi connectivity index (χ4n) is 1.92. The van der Waals surface area contributed by atoms with Crippen molar-refractivity contribution < 1.29 is 9.18 Å². The van der Waals surface area contributed by atoms with Crippen LogP contribution in [0.1, 0.15) is 35.8 Å². The van der Waals surface area contributed by atoms with E-state index in [9.17, 15) is 9.18 Å². The summed E-state index contributed by atoms with van der Waals surface area (Å²) in [7, 11) is 0. The molecule has 94 valence electrons. The average molecular weight is 256 g/mol. The standard InChI is InChI=1S/C12H17FN2OS/c1-8(2)5-11-14-10(7-17-11)12(16)15-4-3-9(13)6-15/h7-9H,3-6H2,1-2H3/t9-/m1/s1. The van der Waals surface area contributed by atoms with Gasteiger partial charge in [-0.1, -0.05) is 13.8 Å². The van der Waals surface area contributed by atoms with Gasteiger partial charge in [0.1, 0.15) is 11.9 Å². The van der Waals surface area contributed by atoms with E-state index in [1.165, 1.54) is 11.3 Å². The molecule has 1 aliphatic heterocycles. The Bertz CT molecular complexity index is 405. The first-order valence-corrected chi connectivity index (χ1v) is 6.82. The molecule has 5 heteroatoms. The van der Waals surface area contributed by atoms with Crippen LogP contribution in [0.4, 0.5) is 4.39 Å². The molecule has 0 unspecified atom stereocenters. The monoisotopic (exact) mass is 256 g/mol. The zero-order valence-corrected chi connectivity index (χ0v) is 11.0. The summed E-state index contributed by atoms with van der Waals surface area (Å²) in [4.78, 5) is 17.9. The maximum absolute atomic E-state index is 13.0. The van der Waals surface area contributed by atoms with Gasteiger partial charge in [0, 0.05) is 18.3 Å². The largest absolute Gasteiger partial charge is 0.334 e. The van der Waals surface area contributed by atoms with Gasteiger partial charge >= 0.3 is 0 Å². The molecule has 0 bridgehead atoms. The number of alkyl halides is 1. The molecule has 1 aromatic heterocycles. The summed E-state index contributed by atoms with van der Waals surface area (Å²) in [5.41, 5.74) is 0.472. The normalized spacial score (nSPS) is 20.2. The Labute approximate surface area is 105 Å². The maximum Gasteiger partial charge on any atom is 0.273 e. The van der Waals surface area contributed by atoms with Crippen LogP contribution in [0.5, 0.6) is 0 Å². The second kappa shape index (κ2) is 5.12. The van der Waals surface area contributed by atoms with Crippen molar-refractivity contribution in [2.45, 2.75) is 32.9 Å². The van der Waals surface area contributed by atoms with Crippen LogP contribution in [0.15, 0.2) is 5.38 Å². The second-order valence-corrected chi connectivity index (χ2v) is 5.80. The van der Waals surface area contributed by atoms with Crippen LogP contribution in [-0.2, 0) is 6.42 Å². The van der Waals surface area contributed by atoms with Crippen LogP contribution in [0.3, 0.4) is 0 Å². The number of thiazole rings is 1. The molecule has 17 heavy (non-hydrogen) atoms. The van der Waals surface area contributed by atoms with Gasteiger partial charge in [-0.15, -0.1) is 11.3 Å². The minimum atomic E-state index is -0.868. The molecule has 0 aliphatic carbocycles. The highest BCUT2D eigenvalue weighted by atomic mass is 32.1. The van der Waals surface area contributed by atoms with Crippen molar-refractivity contribution in [3.63, 3.8) is 0 Å². The predicted octanol–water partition coefficient (Wildman–Crippen LogP) is 2.53. The molecule has 0 spiro atoms. The summed E-state index contributed by atoms with van der Waals surface area (Å²) in [6, 6.07) is 0. The van der Waals surface area contributed by atoms with Gasteiger partial charge in [-0.3, -0.25) is 4.79 Å². The molecule has 0 aromatic carbocycles. The lowest BCUT2D eigenvalue weighted by molar-refractivity contribution is 0.0777. The van der Waals surface area contributed by atoms with Crippen molar-refractivity contribution in [3.8, 4) is 0 Å². The van der Waals surface area contributed by atoms with E-state index in [1.54, 1.807) is 10.3 Å². The van der Waals surface area contributed by atoms with Crippen LogP contribution in [0.2, 0.25) is 0 Å². The van der Waals surface area contributed by atoms with Gasteiger partial charge in [0.2, 0.25) is 0 Å². The maximum atomic E-state index is 13.0. The van der Waals surface area contributed by atoms with Crippen molar-refractivity contribution in [1.29, 1.82) is 0 Å². The first-order valence-electron chi connectivity index (χ1n) is 5.94. The van der Waals surface area contributed by atoms with Crippen molar-refractivity contribution in [1.82, 2.24) is 9.88 Å². The van der Waals surface area contributed by atoms with E-state index in [0.29, 0.717) is 24.6 Å². The van der Waals surface area contributed by atoms with Crippen molar-refractivity contribution in [2.75, 3.05) is 13.1 Å². The van der Waals surface area contributed by atoms with Crippen LogP contribution in [0.25, 0.3) is 0 Å². The number of carbonyl (C=O) groups excluding carboxylic acids is 1. The number of carbonyl (C=O) groups is 1.